The van der Waals surface area contributed by atoms with E-state index in [0.717, 1.165) is 60.3 Å². The Labute approximate surface area is 219 Å². The van der Waals surface area contributed by atoms with Crippen molar-refractivity contribution >= 4 is 33.9 Å². The zero-order valence-electron chi connectivity index (χ0n) is 20.5. The molecule has 0 radical (unpaired) electrons. The second kappa shape index (κ2) is 9.95. The second-order valence-corrected chi connectivity index (χ2v) is 10.2. The molecular formula is C28H29F3N4OS. The number of ether oxygens (including phenoxy) is 1. The Morgan fingerprint density at radius 1 is 1.24 bits per heavy atom. The molecule has 4 atom stereocenters. The molecule has 3 fully saturated rings. The average molecular weight is 527 g/mol. The number of fused-ring (bicyclic) bond motifs is 4. The number of hydrogen-bond donors (Lipinski definition) is 2. The first-order valence-electron chi connectivity index (χ1n) is 12.3. The minimum Gasteiger partial charge on any atom is -0.497 e. The van der Waals surface area contributed by atoms with Gasteiger partial charge in [-0.15, -0.1) is 6.58 Å². The summed E-state index contributed by atoms with van der Waals surface area (Å²) in [5.74, 6) is 1.69. The van der Waals surface area contributed by atoms with Gasteiger partial charge in [0.15, 0.2) is 5.11 Å². The number of halogens is 3. The first kappa shape index (κ1) is 25.5. The maximum absolute atomic E-state index is 12.9. The van der Waals surface area contributed by atoms with Crippen molar-refractivity contribution in [1.29, 1.82) is 0 Å². The van der Waals surface area contributed by atoms with Crippen LogP contribution in [-0.4, -0.2) is 41.7 Å². The Morgan fingerprint density at radius 2 is 2.03 bits per heavy atom. The maximum Gasteiger partial charge on any atom is 0.416 e. The molecule has 4 unspecified atom stereocenters. The van der Waals surface area contributed by atoms with Crippen molar-refractivity contribution in [2.24, 2.45) is 11.8 Å². The maximum atomic E-state index is 12.9. The molecule has 0 spiro atoms. The van der Waals surface area contributed by atoms with E-state index >= 15 is 0 Å². The lowest BCUT2D eigenvalue weighted by Gasteiger charge is -2.57. The minimum absolute atomic E-state index is 0.345. The third kappa shape index (κ3) is 4.90. The van der Waals surface area contributed by atoms with Crippen LogP contribution in [0.3, 0.4) is 0 Å². The monoisotopic (exact) mass is 526 g/mol. The molecule has 4 heterocycles. The van der Waals surface area contributed by atoms with E-state index in [9.17, 15) is 13.2 Å². The van der Waals surface area contributed by atoms with Gasteiger partial charge in [-0.2, -0.15) is 13.2 Å². The summed E-state index contributed by atoms with van der Waals surface area (Å²) in [6, 6.07) is 12.9. The van der Waals surface area contributed by atoms with Gasteiger partial charge in [-0.25, -0.2) is 0 Å². The fourth-order valence-corrected chi connectivity index (χ4v) is 6.05. The molecule has 37 heavy (non-hydrogen) atoms. The van der Waals surface area contributed by atoms with Crippen molar-refractivity contribution in [3.63, 3.8) is 0 Å². The lowest BCUT2D eigenvalue weighted by Crippen LogP contribution is -2.63. The van der Waals surface area contributed by atoms with Gasteiger partial charge in [0.05, 0.1) is 23.7 Å². The van der Waals surface area contributed by atoms with Crippen LogP contribution in [0.1, 0.15) is 24.0 Å². The van der Waals surface area contributed by atoms with Gasteiger partial charge in [0.2, 0.25) is 0 Å². The van der Waals surface area contributed by atoms with Crippen molar-refractivity contribution in [1.82, 2.24) is 15.2 Å². The standard InChI is InChI=1S/C28H29F3N4OS/c1-3-18-16-35-13-11-19(18)15-27(35,24-10-12-32-25-9-8-22(36-2)14-23(24)25)17-33-26(37)34-21-6-4-20(5-7-21)28(29,30)31/h3-10,12,14,18-19H,1,11,13,15-17H2,2H3,(H2,33,34,37). The van der Waals surface area contributed by atoms with Crippen LogP contribution in [0.4, 0.5) is 18.9 Å². The van der Waals surface area contributed by atoms with Gasteiger partial charge in [0.1, 0.15) is 5.75 Å². The first-order chi connectivity index (χ1) is 17.7. The molecule has 3 aliphatic rings. The molecule has 0 aliphatic carbocycles. The molecule has 0 amide bonds. The number of alkyl halides is 3. The SMILES string of the molecule is C=CC1CN2CCC1CC2(CNC(=S)Nc1ccc(C(F)(F)F)cc1)c1ccnc2ccc(OC)cc12. The summed E-state index contributed by atoms with van der Waals surface area (Å²) in [6.45, 7) is 6.47. The molecule has 2 N–H and O–H groups in total. The summed E-state index contributed by atoms with van der Waals surface area (Å²) < 4.78 is 44.3. The van der Waals surface area contributed by atoms with Crippen LogP contribution in [0.15, 0.2) is 67.4 Å². The fourth-order valence-electron chi connectivity index (χ4n) is 5.86. The fraction of sp³-hybridized carbons (Fsp3) is 0.357. The number of aromatic nitrogens is 1. The van der Waals surface area contributed by atoms with Crippen molar-refractivity contribution in [3.05, 3.63) is 78.5 Å². The normalized spacial score (nSPS) is 25.0. The molecule has 2 bridgehead atoms. The van der Waals surface area contributed by atoms with Crippen molar-refractivity contribution in [2.75, 3.05) is 32.1 Å². The Bertz CT molecular complexity index is 1310. The summed E-state index contributed by atoms with van der Waals surface area (Å²) in [7, 11) is 1.65. The van der Waals surface area contributed by atoms with Gasteiger partial charge in [-0.05, 0) is 97.5 Å². The summed E-state index contributed by atoms with van der Waals surface area (Å²) >= 11 is 5.57. The zero-order valence-corrected chi connectivity index (χ0v) is 21.3. The van der Waals surface area contributed by atoms with E-state index in [-0.39, 0.29) is 5.54 Å². The number of rotatable bonds is 6. The number of hydrogen-bond acceptors (Lipinski definition) is 4. The highest BCUT2D eigenvalue weighted by atomic mass is 32.1. The predicted octanol–water partition coefficient (Wildman–Crippen LogP) is 5.97. The van der Waals surface area contributed by atoms with E-state index in [2.05, 4.69) is 39.2 Å². The first-order valence-corrected chi connectivity index (χ1v) is 12.7. The number of nitrogens with one attached hydrogen (secondary N) is 2. The van der Waals surface area contributed by atoms with Crippen LogP contribution < -0.4 is 15.4 Å². The van der Waals surface area contributed by atoms with Gasteiger partial charge in [0.25, 0.3) is 0 Å². The van der Waals surface area contributed by atoms with E-state index in [0.29, 0.717) is 29.2 Å². The molecule has 3 aliphatic heterocycles. The van der Waals surface area contributed by atoms with Crippen LogP contribution >= 0.6 is 12.2 Å². The van der Waals surface area contributed by atoms with E-state index in [1.807, 2.05) is 24.4 Å². The third-order valence-electron chi connectivity index (χ3n) is 7.78. The molecule has 0 saturated carbocycles. The Hall–Kier alpha value is -3.17. The molecule has 6 rings (SSSR count). The van der Waals surface area contributed by atoms with Gasteiger partial charge >= 0.3 is 6.18 Å². The van der Waals surface area contributed by atoms with Crippen molar-refractivity contribution < 1.29 is 17.9 Å². The Balaban J connectivity index is 1.44. The summed E-state index contributed by atoms with van der Waals surface area (Å²) in [5.41, 5.74) is 1.51. The van der Waals surface area contributed by atoms with E-state index in [1.165, 1.54) is 12.1 Å². The number of pyridine rings is 1. The van der Waals surface area contributed by atoms with Crippen LogP contribution in [0.5, 0.6) is 5.75 Å². The van der Waals surface area contributed by atoms with Crippen molar-refractivity contribution in [2.45, 2.75) is 24.6 Å². The van der Waals surface area contributed by atoms with Crippen molar-refractivity contribution in [3.8, 4) is 5.75 Å². The average Bonchev–Trinajstić information content (AvgIpc) is 2.91. The Kier molecular flexibility index (Phi) is 6.85. The van der Waals surface area contributed by atoms with Gasteiger partial charge < -0.3 is 15.4 Å². The van der Waals surface area contributed by atoms with Crippen LogP contribution in [0, 0.1) is 11.8 Å². The quantitative estimate of drug-likeness (QED) is 0.305. The summed E-state index contributed by atoms with van der Waals surface area (Å²) in [5, 5.41) is 7.80. The lowest BCUT2D eigenvalue weighted by molar-refractivity contribution is -0.137. The van der Waals surface area contributed by atoms with E-state index in [4.69, 9.17) is 17.0 Å². The number of nitrogens with zero attached hydrogens (tertiary/aromatic N) is 2. The van der Waals surface area contributed by atoms with Crippen LogP contribution in [-0.2, 0) is 11.7 Å². The molecular weight excluding hydrogens is 497 g/mol. The smallest absolute Gasteiger partial charge is 0.416 e. The lowest BCUT2D eigenvalue weighted by atomic mass is 9.66. The van der Waals surface area contributed by atoms with Crippen LogP contribution in [0.25, 0.3) is 10.9 Å². The third-order valence-corrected chi connectivity index (χ3v) is 8.02. The number of methoxy groups -OCH3 is 1. The number of piperidine rings is 3. The molecule has 194 valence electrons. The largest absolute Gasteiger partial charge is 0.497 e. The van der Waals surface area contributed by atoms with E-state index < -0.39 is 11.7 Å². The van der Waals surface area contributed by atoms with Crippen LogP contribution in [0.2, 0.25) is 0 Å². The molecule has 1 aromatic heterocycles. The second-order valence-electron chi connectivity index (χ2n) is 9.75. The molecule has 2 aromatic carbocycles. The summed E-state index contributed by atoms with van der Waals surface area (Å²) in [6.07, 6.45) is 1.57. The molecule has 3 saturated heterocycles. The van der Waals surface area contributed by atoms with Gasteiger partial charge in [-0.3, -0.25) is 9.88 Å². The Morgan fingerprint density at radius 3 is 2.68 bits per heavy atom. The number of anilines is 1. The number of thiocarbonyl (C=S) groups is 1. The number of benzene rings is 2. The highest BCUT2D eigenvalue weighted by Gasteiger charge is 2.50. The molecule has 5 nitrogen and oxygen atoms in total. The zero-order chi connectivity index (χ0) is 26.2. The highest BCUT2D eigenvalue weighted by Crippen LogP contribution is 2.49. The summed E-state index contributed by atoms with van der Waals surface area (Å²) in [4.78, 5) is 7.10. The minimum atomic E-state index is -4.38. The molecule has 3 aromatic rings. The van der Waals surface area contributed by atoms with Gasteiger partial charge in [-0.1, -0.05) is 6.08 Å². The predicted molar refractivity (Wildman–Crippen MR) is 144 cm³/mol. The van der Waals surface area contributed by atoms with E-state index in [1.54, 1.807) is 7.11 Å². The molecule has 9 heteroatoms. The van der Waals surface area contributed by atoms with Gasteiger partial charge in [0, 0.05) is 30.4 Å². The topological polar surface area (TPSA) is 49.4 Å². The highest BCUT2D eigenvalue weighted by molar-refractivity contribution is 7.80.